The summed E-state index contributed by atoms with van der Waals surface area (Å²) in [6, 6.07) is 17.7. The van der Waals surface area contributed by atoms with E-state index in [1.54, 1.807) is 62.8 Å². The molecular weight excluding hydrogens is 376 g/mol. The van der Waals surface area contributed by atoms with E-state index in [4.69, 9.17) is 9.47 Å². The van der Waals surface area contributed by atoms with Crippen LogP contribution in [-0.4, -0.2) is 26.8 Å². The van der Waals surface area contributed by atoms with Crippen LogP contribution in [0.25, 0.3) is 0 Å². The predicted molar refractivity (Wildman–Crippen MR) is 115 cm³/mol. The third kappa shape index (κ3) is 4.76. The van der Waals surface area contributed by atoms with Crippen LogP contribution >= 0.6 is 0 Å². The largest absolute Gasteiger partial charge is 0.492 e. The van der Waals surface area contributed by atoms with Crippen molar-refractivity contribution < 1.29 is 19.1 Å². The van der Waals surface area contributed by atoms with Gasteiger partial charge in [-0.05, 0) is 36.4 Å². The monoisotopic (exact) mass is 394 g/mol. The van der Waals surface area contributed by atoms with Crippen LogP contribution in [0.4, 0.5) is 0 Å². The van der Waals surface area contributed by atoms with Gasteiger partial charge in [-0.2, -0.15) is 0 Å². The second kappa shape index (κ2) is 9.78. The van der Waals surface area contributed by atoms with Crippen molar-refractivity contribution in [3.05, 3.63) is 94.0 Å². The number of hydrogen-bond donors (Lipinski definition) is 0. The number of benzene rings is 3. The van der Waals surface area contributed by atoms with Gasteiger partial charge in [0, 0.05) is 22.3 Å². The zero-order chi connectivity index (χ0) is 21.3. The summed E-state index contributed by atoms with van der Waals surface area (Å²) in [5.74, 6) is 13.3. The van der Waals surface area contributed by atoms with Gasteiger partial charge in [-0.3, -0.25) is 9.59 Å². The average molecular weight is 394 g/mol. The molecule has 0 atom stereocenters. The van der Waals surface area contributed by atoms with E-state index < -0.39 is 0 Å². The molecule has 146 valence electrons. The lowest BCUT2D eigenvalue weighted by Gasteiger charge is -2.11. The van der Waals surface area contributed by atoms with E-state index in [1.807, 2.05) is 12.1 Å². The van der Waals surface area contributed by atoms with E-state index in [-0.39, 0.29) is 0 Å². The van der Waals surface area contributed by atoms with Crippen LogP contribution in [0.2, 0.25) is 0 Å². The summed E-state index contributed by atoms with van der Waals surface area (Å²) in [6.45, 7) is 0. The zero-order valence-electron chi connectivity index (χ0n) is 16.6. The van der Waals surface area contributed by atoms with Crippen molar-refractivity contribution in [3.8, 4) is 35.2 Å². The molecule has 0 aliphatic carbocycles. The molecule has 3 aromatic carbocycles. The van der Waals surface area contributed by atoms with E-state index in [2.05, 4.69) is 23.7 Å². The summed E-state index contributed by atoms with van der Waals surface area (Å²) in [5.41, 5.74) is 4.09. The first kappa shape index (κ1) is 20.5. The van der Waals surface area contributed by atoms with Gasteiger partial charge in [-0.15, -0.1) is 0 Å². The van der Waals surface area contributed by atoms with Crippen LogP contribution in [0.3, 0.4) is 0 Å². The normalized spacial score (nSPS) is 9.40. The highest BCUT2D eigenvalue weighted by atomic mass is 16.5. The molecule has 0 heterocycles. The first-order valence-corrected chi connectivity index (χ1v) is 9.08. The third-order valence-corrected chi connectivity index (χ3v) is 4.30. The minimum Gasteiger partial charge on any atom is -0.492 e. The molecule has 0 saturated carbocycles. The van der Waals surface area contributed by atoms with Gasteiger partial charge in [0.1, 0.15) is 12.6 Å². The molecule has 0 aliphatic rings. The summed E-state index contributed by atoms with van der Waals surface area (Å²) >= 11 is 0. The number of carbonyl (C=O) groups is 2. The van der Waals surface area contributed by atoms with Gasteiger partial charge in [0.25, 0.3) is 0 Å². The van der Waals surface area contributed by atoms with Crippen molar-refractivity contribution in [2.45, 2.75) is 0 Å². The maximum absolute atomic E-state index is 10.8. The molecule has 0 bridgehead atoms. The molecule has 0 amide bonds. The van der Waals surface area contributed by atoms with Crippen LogP contribution in [-0.2, 0) is 0 Å². The number of ether oxygens (including phenoxy) is 2. The first-order chi connectivity index (χ1) is 14.7. The average Bonchev–Trinajstić information content (AvgIpc) is 2.81. The fraction of sp³-hybridized carbons (Fsp3) is 0.0769. The Kier molecular flexibility index (Phi) is 6.66. The fourth-order valence-corrected chi connectivity index (χ4v) is 2.73. The molecule has 0 fully saturated rings. The van der Waals surface area contributed by atoms with E-state index in [1.165, 1.54) is 0 Å². The molecule has 0 aliphatic heterocycles. The Hall–Kier alpha value is -4.28. The minimum atomic E-state index is 0.498. The lowest BCUT2D eigenvalue weighted by atomic mass is 10.1. The summed E-state index contributed by atoms with van der Waals surface area (Å²) < 4.78 is 11.1. The zero-order valence-corrected chi connectivity index (χ0v) is 16.6. The van der Waals surface area contributed by atoms with Gasteiger partial charge in [-0.25, -0.2) is 0 Å². The lowest BCUT2D eigenvalue weighted by Crippen LogP contribution is -1.96. The van der Waals surface area contributed by atoms with Crippen LogP contribution in [0.15, 0.2) is 60.7 Å². The molecule has 3 aromatic rings. The number of methoxy groups -OCH3 is 2. The summed E-state index contributed by atoms with van der Waals surface area (Å²) in [5, 5.41) is 0. The van der Waals surface area contributed by atoms with Crippen LogP contribution < -0.4 is 9.47 Å². The third-order valence-electron chi connectivity index (χ3n) is 4.30. The molecule has 30 heavy (non-hydrogen) atoms. The Bertz CT molecular complexity index is 1090. The van der Waals surface area contributed by atoms with Crippen LogP contribution in [0.5, 0.6) is 11.5 Å². The fourth-order valence-electron chi connectivity index (χ4n) is 2.73. The maximum Gasteiger partial charge on any atom is 0.177 e. The molecule has 0 saturated heterocycles. The molecule has 4 heteroatoms. The van der Waals surface area contributed by atoms with Crippen molar-refractivity contribution in [3.63, 3.8) is 0 Å². The molecular formula is C26H18O4. The molecule has 0 aromatic heterocycles. The maximum atomic E-state index is 10.8. The predicted octanol–water partition coefficient (Wildman–Crippen LogP) is 4.13. The molecule has 0 unspecified atom stereocenters. The highest BCUT2D eigenvalue weighted by Gasteiger charge is 2.13. The van der Waals surface area contributed by atoms with Gasteiger partial charge in [-0.1, -0.05) is 47.9 Å². The van der Waals surface area contributed by atoms with E-state index in [9.17, 15) is 9.59 Å². The van der Waals surface area contributed by atoms with Gasteiger partial charge >= 0.3 is 0 Å². The van der Waals surface area contributed by atoms with Crippen molar-refractivity contribution in [1.82, 2.24) is 0 Å². The Morgan fingerprint density at radius 1 is 0.567 bits per heavy atom. The summed E-state index contributed by atoms with van der Waals surface area (Å²) in [6.07, 6.45) is 1.59. The number of hydrogen-bond acceptors (Lipinski definition) is 4. The smallest absolute Gasteiger partial charge is 0.177 e. The lowest BCUT2D eigenvalue weighted by molar-refractivity contribution is 0.111. The van der Waals surface area contributed by atoms with Crippen molar-refractivity contribution >= 4 is 12.6 Å². The first-order valence-electron chi connectivity index (χ1n) is 9.08. The number of carbonyl (C=O) groups excluding carboxylic acids is 2. The van der Waals surface area contributed by atoms with Crippen molar-refractivity contribution in [2.24, 2.45) is 0 Å². The van der Waals surface area contributed by atoms with Gasteiger partial charge < -0.3 is 9.47 Å². The summed E-state index contributed by atoms with van der Waals surface area (Å²) in [4.78, 5) is 21.5. The molecule has 0 spiro atoms. The van der Waals surface area contributed by atoms with E-state index in [0.717, 1.165) is 23.7 Å². The van der Waals surface area contributed by atoms with E-state index in [0.29, 0.717) is 33.8 Å². The molecule has 3 rings (SSSR count). The SMILES string of the molecule is COc1c(C#Cc2ccc(C=O)cc2)ccc(C#Cc2ccc(C=O)cc2)c1OC. The van der Waals surface area contributed by atoms with Gasteiger partial charge in [0.2, 0.25) is 0 Å². The number of rotatable bonds is 4. The Labute approximate surface area is 175 Å². The second-order valence-electron chi connectivity index (χ2n) is 6.21. The minimum absolute atomic E-state index is 0.498. The topological polar surface area (TPSA) is 52.6 Å². The quantitative estimate of drug-likeness (QED) is 0.493. The Balaban J connectivity index is 1.94. The Morgan fingerprint density at radius 2 is 0.933 bits per heavy atom. The number of aldehydes is 2. The standard InChI is InChI=1S/C26H18O4/c1-29-25-23(13-11-19-3-7-21(17-27)8-4-19)15-16-24(26(25)30-2)14-12-20-5-9-22(18-28)10-6-20/h3-10,15-18H,1-2H3. The van der Waals surface area contributed by atoms with Crippen LogP contribution in [0.1, 0.15) is 43.0 Å². The molecule has 0 N–H and O–H groups in total. The van der Waals surface area contributed by atoms with Gasteiger partial charge in [0.15, 0.2) is 11.5 Å². The molecule has 0 radical (unpaired) electrons. The van der Waals surface area contributed by atoms with Crippen molar-refractivity contribution in [1.29, 1.82) is 0 Å². The second-order valence-corrected chi connectivity index (χ2v) is 6.21. The van der Waals surface area contributed by atoms with Crippen molar-refractivity contribution in [2.75, 3.05) is 14.2 Å². The van der Waals surface area contributed by atoms with E-state index >= 15 is 0 Å². The van der Waals surface area contributed by atoms with Gasteiger partial charge in [0.05, 0.1) is 25.3 Å². The highest BCUT2D eigenvalue weighted by molar-refractivity contribution is 5.75. The highest BCUT2D eigenvalue weighted by Crippen LogP contribution is 2.34. The molecule has 4 nitrogen and oxygen atoms in total. The summed E-state index contributed by atoms with van der Waals surface area (Å²) in [7, 11) is 3.11. The van der Waals surface area contributed by atoms with Crippen LogP contribution in [0, 0.1) is 23.7 Å². The Morgan fingerprint density at radius 3 is 1.23 bits per heavy atom.